The maximum atomic E-state index is 12.7. The summed E-state index contributed by atoms with van der Waals surface area (Å²) in [5.74, 6) is 0.853. The Labute approximate surface area is 227 Å². The Morgan fingerprint density at radius 2 is 2.00 bits per heavy atom. The standard InChI is InChI=1S/C26H29N7O5S/c27-16-3-1-2-4-17(16)30-19-6-5-14(24(28)35)25(31-19)32-20-12-29-26(39-20)15-13-37-23-18(34)11-21(38-22(15)23)33-7-9-36-10-8-33/h5-6,11-13,16-17H,1-4,7-10,27H2,(H2,28,35)(H2,30,31,32)/p+1/t16-,17+/m1/s1. The number of nitrogens with two attached hydrogens (primary N) is 1. The van der Waals surface area contributed by atoms with Crippen LogP contribution in [0.2, 0.25) is 0 Å². The molecule has 1 amide bonds. The lowest BCUT2D eigenvalue weighted by atomic mass is 9.91. The van der Waals surface area contributed by atoms with E-state index in [4.69, 9.17) is 19.3 Å². The van der Waals surface area contributed by atoms with E-state index in [0.717, 1.165) is 19.3 Å². The molecule has 2 fully saturated rings. The lowest BCUT2D eigenvalue weighted by Crippen LogP contribution is -2.68. The van der Waals surface area contributed by atoms with Crippen molar-refractivity contribution in [1.29, 1.82) is 0 Å². The number of fused-ring (bicyclic) bond motifs is 1. The second-order valence-corrected chi connectivity index (χ2v) is 10.8. The lowest BCUT2D eigenvalue weighted by molar-refractivity contribution is -0.427. The van der Waals surface area contributed by atoms with Crippen molar-refractivity contribution in [1.82, 2.24) is 9.97 Å². The van der Waals surface area contributed by atoms with Crippen molar-refractivity contribution in [2.75, 3.05) is 41.8 Å². The third kappa shape index (κ3) is 5.20. The summed E-state index contributed by atoms with van der Waals surface area (Å²) in [6, 6.07) is 5.38. The van der Waals surface area contributed by atoms with E-state index >= 15 is 0 Å². The molecule has 12 nitrogen and oxygen atoms in total. The van der Waals surface area contributed by atoms with E-state index in [2.05, 4.69) is 26.3 Å². The first-order chi connectivity index (χ1) is 19.0. The van der Waals surface area contributed by atoms with Gasteiger partial charge in [-0.3, -0.25) is 9.59 Å². The molecule has 4 aromatic rings. The molecule has 5 heterocycles. The molecule has 1 aliphatic carbocycles. The Bertz CT molecular complexity index is 1560. The molecule has 1 aliphatic heterocycles. The van der Waals surface area contributed by atoms with Gasteiger partial charge >= 0.3 is 0 Å². The number of primary amides is 1. The van der Waals surface area contributed by atoms with Crippen LogP contribution in [0, 0.1) is 0 Å². The van der Waals surface area contributed by atoms with Crippen molar-refractivity contribution < 1.29 is 24.1 Å². The van der Waals surface area contributed by atoms with Gasteiger partial charge in [0, 0.05) is 19.5 Å². The molecule has 6 rings (SSSR count). The first-order valence-electron chi connectivity index (χ1n) is 13.0. The van der Waals surface area contributed by atoms with Gasteiger partial charge in [0.05, 0.1) is 42.6 Å². The summed E-state index contributed by atoms with van der Waals surface area (Å²) in [5.41, 5.74) is 10.9. The summed E-state index contributed by atoms with van der Waals surface area (Å²) < 4.78 is 17.1. The van der Waals surface area contributed by atoms with E-state index in [1.807, 2.05) is 4.90 Å². The third-order valence-electron chi connectivity index (χ3n) is 7.13. The number of pyridine rings is 1. The molecular formula is C26H30N7O5S+. The Morgan fingerprint density at radius 3 is 2.79 bits per heavy atom. The number of hydrogen-bond donors (Lipinski definition) is 4. The van der Waals surface area contributed by atoms with Crippen LogP contribution in [0.25, 0.3) is 21.7 Å². The van der Waals surface area contributed by atoms with Crippen molar-refractivity contribution in [3.63, 3.8) is 0 Å². The van der Waals surface area contributed by atoms with Crippen LogP contribution in [0.1, 0.15) is 36.0 Å². The van der Waals surface area contributed by atoms with E-state index in [9.17, 15) is 9.59 Å². The van der Waals surface area contributed by atoms with Gasteiger partial charge in [0.15, 0.2) is 11.5 Å². The highest BCUT2D eigenvalue weighted by molar-refractivity contribution is 7.19. The lowest BCUT2D eigenvalue weighted by Gasteiger charge is -2.27. The van der Waals surface area contributed by atoms with Crippen LogP contribution in [0.5, 0.6) is 0 Å². The Hall–Kier alpha value is -3.94. The Balaban J connectivity index is 1.28. The summed E-state index contributed by atoms with van der Waals surface area (Å²) in [4.78, 5) is 36.0. The molecule has 1 saturated heterocycles. The monoisotopic (exact) mass is 552 g/mol. The molecule has 13 heteroatoms. The van der Waals surface area contributed by atoms with E-state index < -0.39 is 5.91 Å². The predicted molar refractivity (Wildman–Crippen MR) is 147 cm³/mol. The molecule has 2 atom stereocenters. The topological polar surface area (TPSA) is 176 Å². The van der Waals surface area contributed by atoms with Gasteiger partial charge in [-0.25, -0.2) is 9.97 Å². The number of rotatable bonds is 7. The van der Waals surface area contributed by atoms with Crippen LogP contribution < -0.4 is 32.4 Å². The minimum Gasteiger partial charge on any atom is -0.456 e. The number of morpholine rings is 1. The number of nitrogens with zero attached hydrogens (tertiary/aromatic N) is 3. The van der Waals surface area contributed by atoms with Gasteiger partial charge in [-0.05, 0) is 25.0 Å². The molecule has 0 radical (unpaired) electrons. The first kappa shape index (κ1) is 25.3. The quantitative estimate of drug-likeness (QED) is 0.266. The van der Waals surface area contributed by atoms with Gasteiger partial charge in [0.1, 0.15) is 33.9 Å². The smallest absolute Gasteiger partial charge is 0.252 e. The molecule has 7 N–H and O–H groups in total. The number of amides is 1. The highest BCUT2D eigenvalue weighted by Gasteiger charge is 2.26. The number of nitrogens with one attached hydrogen (secondary N) is 2. The maximum Gasteiger partial charge on any atom is 0.252 e. The summed E-state index contributed by atoms with van der Waals surface area (Å²) in [6.07, 6.45) is 7.53. The maximum absolute atomic E-state index is 12.7. The molecule has 4 aromatic heterocycles. The van der Waals surface area contributed by atoms with Crippen molar-refractivity contribution >= 4 is 50.9 Å². The zero-order chi connectivity index (χ0) is 26.9. The molecule has 39 heavy (non-hydrogen) atoms. The third-order valence-corrected chi connectivity index (χ3v) is 8.08. The summed E-state index contributed by atoms with van der Waals surface area (Å²) >= 11 is 1.31. The SMILES string of the molecule is NC(=O)c1ccc(N[C@H]2CCCC[C@H]2[NH3+])nc1Nc1cnc(-c2coc3c(=O)cc(N4CCOCC4)oc23)s1. The van der Waals surface area contributed by atoms with Gasteiger partial charge in [-0.15, -0.1) is 0 Å². The first-order valence-corrected chi connectivity index (χ1v) is 13.8. The number of thiazole rings is 1. The number of ether oxygens (including phenoxy) is 1. The molecule has 0 unspecified atom stereocenters. The number of carbonyl (C=O) groups excluding carboxylic acids is 1. The van der Waals surface area contributed by atoms with E-state index in [1.165, 1.54) is 30.1 Å². The van der Waals surface area contributed by atoms with Crippen molar-refractivity contribution in [2.45, 2.75) is 37.8 Å². The van der Waals surface area contributed by atoms with Crippen LogP contribution in [-0.2, 0) is 4.74 Å². The average molecular weight is 553 g/mol. The van der Waals surface area contributed by atoms with Gasteiger partial charge in [0.2, 0.25) is 11.0 Å². The number of furan rings is 1. The fraction of sp³-hybridized carbons (Fsp3) is 0.385. The minimum atomic E-state index is -0.591. The zero-order valence-electron chi connectivity index (χ0n) is 21.3. The van der Waals surface area contributed by atoms with Crippen LogP contribution in [0.15, 0.2) is 44.3 Å². The number of hydrogen-bond acceptors (Lipinski definition) is 11. The largest absolute Gasteiger partial charge is 0.456 e. The molecular weight excluding hydrogens is 522 g/mol. The molecule has 204 valence electrons. The second kappa shape index (κ2) is 10.7. The molecule has 0 aromatic carbocycles. The van der Waals surface area contributed by atoms with Gasteiger partial charge in [-0.2, -0.15) is 0 Å². The second-order valence-electron chi connectivity index (χ2n) is 9.76. The summed E-state index contributed by atoms with van der Waals surface area (Å²) in [7, 11) is 0. The molecule has 1 saturated carbocycles. The normalized spacial score (nSPS) is 19.8. The van der Waals surface area contributed by atoms with Crippen LogP contribution in [-0.4, -0.2) is 54.3 Å². The van der Waals surface area contributed by atoms with E-state index in [0.29, 0.717) is 71.0 Å². The highest BCUT2D eigenvalue weighted by atomic mass is 32.1. The van der Waals surface area contributed by atoms with E-state index in [1.54, 1.807) is 18.3 Å². The Kier molecular flexibility index (Phi) is 6.94. The molecule has 0 spiro atoms. The van der Waals surface area contributed by atoms with Crippen molar-refractivity contribution in [3.8, 4) is 10.6 Å². The number of quaternary nitrogens is 1. The predicted octanol–water partition coefficient (Wildman–Crippen LogP) is 2.55. The average Bonchev–Trinajstić information content (AvgIpc) is 3.58. The van der Waals surface area contributed by atoms with Crippen LogP contribution >= 0.6 is 11.3 Å². The number of anilines is 4. The van der Waals surface area contributed by atoms with Gasteiger partial charge in [-0.1, -0.05) is 17.8 Å². The minimum absolute atomic E-state index is 0.134. The molecule has 2 aliphatic rings. The highest BCUT2D eigenvalue weighted by Crippen LogP contribution is 2.37. The summed E-state index contributed by atoms with van der Waals surface area (Å²) in [5, 5.41) is 7.86. The molecule has 0 bridgehead atoms. The number of carbonyl (C=O) groups is 1. The summed E-state index contributed by atoms with van der Waals surface area (Å²) in [6.45, 7) is 2.39. The van der Waals surface area contributed by atoms with Gasteiger partial charge in [0.25, 0.3) is 5.91 Å². The van der Waals surface area contributed by atoms with Crippen molar-refractivity contribution in [2.24, 2.45) is 5.73 Å². The Morgan fingerprint density at radius 1 is 1.18 bits per heavy atom. The fourth-order valence-corrected chi connectivity index (χ4v) is 5.83. The fourth-order valence-electron chi connectivity index (χ4n) is 5.01. The van der Waals surface area contributed by atoms with Crippen molar-refractivity contribution in [3.05, 3.63) is 46.4 Å². The van der Waals surface area contributed by atoms with Crippen LogP contribution in [0.4, 0.5) is 22.5 Å². The zero-order valence-corrected chi connectivity index (χ0v) is 22.1. The van der Waals surface area contributed by atoms with Crippen LogP contribution in [0.3, 0.4) is 0 Å². The van der Waals surface area contributed by atoms with E-state index in [-0.39, 0.29) is 22.6 Å². The van der Waals surface area contributed by atoms with Gasteiger partial charge < -0.3 is 40.6 Å². The number of aromatic nitrogens is 2.